The van der Waals surface area contributed by atoms with Gasteiger partial charge in [0, 0.05) is 29.8 Å². The van der Waals surface area contributed by atoms with Crippen molar-refractivity contribution in [2.75, 3.05) is 5.32 Å². The molecular formula is C22H15N4O3-. The molecule has 2 aromatic heterocycles. The number of para-hydroxylation sites is 1. The van der Waals surface area contributed by atoms with Gasteiger partial charge in [-0.25, -0.2) is 4.68 Å². The number of benzene rings is 2. The summed E-state index contributed by atoms with van der Waals surface area (Å²) < 4.78 is 1.64. The second kappa shape index (κ2) is 7.77. The van der Waals surface area contributed by atoms with Crippen molar-refractivity contribution < 1.29 is 14.7 Å². The van der Waals surface area contributed by atoms with Gasteiger partial charge in [0.05, 0.1) is 17.2 Å². The van der Waals surface area contributed by atoms with Crippen LogP contribution in [-0.4, -0.2) is 26.6 Å². The number of carboxylic acids is 1. The Balaban J connectivity index is 1.70. The Morgan fingerprint density at radius 1 is 0.931 bits per heavy atom. The van der Waals surface area contributed by atoms with E-state index >= 15 is 0 Å². The lowest BCUT2D eigenvalue weighted by Gasteiger charge is -2.07. The number of amides is 1. The third kappa shape index (κ3) is 3.89. The first kappa shape index (κ1) is 18.1. The number of pyridine rings is 1. The Morgan fingerprint density at radius 3 is 2.34 bits per heavy atom. The second-order valence-corrected chi connectivity index (χ2v) is 6.23. The first-order chi connectivity index (χ1) is 14.1. The van der Waals surface area contributed by atoms with Gasteiger partial charge in [-0.1, -0.05) is 30.3 Å². The van der Waals surface area contributed by atoms with Crippen LogP contribution in [-0.2, 0) is 0 Å². The molecule has 0 aliphatic heterocycles. The largest absolute Gasteiger partial charge is 0.545 e. The SMILES string of the molecule is O=C([O-])c1ccc(NC(=O)c2cn(-c3ccccc3)nc2-c2cccnc2)cc1. The molecule has 7 nitrogen and oxygen atoms in total. The summed E-state index contributed by atoms with van der Waals surface area (Å²) in [6.45, 7) is 0. The van der Waals surface area contributed by atoms with Crippen molar-refractivity contribution >= 4 is 17.6 Å². The van der Waals surface area contributed by atoms with E-state index in [2.05, 4.69) is 15.4 Å². The number of carbonyl (C=O) groups is 2. The maximum absolute atomic E-state index is 13.0. The Labute approximate surface area is 166 Å². The minimum absolute atomic E-state index is 0.0379. The zero-order valence-electron chi connectivity index (χ0n) is 15.1. The van der Waals surface area contributed by atoms with Gasteiger partial charge < -0.3 is 15.2 Å². The number of anilines is 1. The number of rotatable bonds is 5. The van der Waals surface area contributed by atoms with Crippen LogP contribution in [0.1, 0.15) is 20.7 Å². The number of nitrogens with one attached hydrogen (secondary N) is 1. The first-order valence-electron chi connectivity index (χ1n) is 8.80. The fourth-order valence-corrected chi connectivity index (χ4v) is 2.86. The van der Waals surface area contributed by atoms with Crippen LogP contribution in [0, 0.1) is 0 Å². The third-order valence-electron chi connectivity index (χ3n) is 4.29. The van der Waals surface area contributed by atoms with Gasteiger partial charge in [0.25, 0.3) is 5.91 Å². The van der Waals surface area contributed by atoms with Crippen LogP contribution < -0.4 is 10.4 Å². The molecule has 142 valence electrons. The van der Waals surface area contributed by atoms with Crippen molar-refractivity contribution in [1.82, 2.24) is 14.8 Å². The molecule has 7 heteroatoms. The molecule has 4 rings (SSSR count). The normalized spacial score (nSPS) is 10.5. The van der Waals surface area contributed by atoms with Crippen molar-refractivity contribution in [1.29, 1.82) is 0 Å². The van der Waals surface area contributed by atoms with E-state index in [0.29, 0.717) is 22.5 Å². The second-order valence-electron chi connectivity index (χ2n) is 6.23. The quantitative estimate of drug-likeness (QED) is 0.571. The van der Waals surface area contributed by atoms with Gasteiger partial charge in [-0.2, -0.15) is 5.10 Å². The molecule has 0 bridgehead atoms. The molecule has 1 amide bonds. The Kier molecular flexibility index (Phi) is 4.86. The molecule has 0 spiro atoms. The van der Waals surface area contributed by atoms with Gasteiger partial charge in [0.15, 0.2) is 0 Å². The van der Waals surface area contributed by atoms with Gasteiger partial charge in [0.2, 0.25) is 0 Å². The van der Waals surface area contributed by atoms with E-state index in [-0.39, 0.29) is 11.5 Å². The van der Waals surface area contributed by atoms with Gasteiger partial charge in [-0.15, -0.1) is 0 Å². The molecule has 0 saturated heterocycles. The van der Waals surface area contributed by atoms with Crippen LogP contribution in [0.4, 0.5) is 5.69 Å². The van der Waals surface area contributed by atoms with Gasteiger partial charge >= 0.3 is 0 Å². The van der Waals surface area contributed by atoms with Crippen LogP contribution in [0.3, 0.4) is 0 Å². The monoisotopic (exact) mass is 383 g/mol. The highest BCUT2D eigenvalue weighted by atomic mass is 16.4. The predicted molar refractivity (Wildman–Crippen MR) is 106 cm³/mol. The van der Waals surface area contributed by atoms with Crippen LogP contribution in [0.15, 0.2) is 85.3 Å². The molecule has 0 unspecified atom stereocenters. The highest BCUT2D eigenvalue weighted by Crippen LogP contribution is 2.24. The molecule has 2 aromatic carbocycles. The van der Waals surface area contributed by atoms with E-state index in [4.69, 9.17) is 0 Å². The van der Waals surface area contributed by atoms with Crippen LogP contribution in [0.25, 0.3) is 16.9 Å². The Morgan fingerprint density at radius 2 is 1.69 bits per heavy atom. The average Bonchev–Trinajstić information content (AvgIpc) is 3.21. The average molecular weight is 383 g/mol. The summed E-state index contributed by atoms with van der Waals surface area (Å²) in [7, 11) is 0. The first-order valence-corrected chi connectivity index (χ1v) is 8.80. The molecule has 0 saturated carbocycles. The third-order valence-corrected chi connectivity index (χ3v) is 4.29. The molecule has 0 fully saturated rings. The van der Waals surface area contributed by atoms with E-state index in [1.807, 2.05) is 36.4 Å². The molecule has 29 heavy (non-hydrogen) atoms. The predicted octanol–water partition coefficient (Wildman–Crippen LogP) is 2.55. The summed E-state index contributed by atoms with van der Waals surface area (Å²) in [6, 6.07) is 18.8. The minimum atomic E-state index is -1.27. The van der Waals surface area contributed by atoms with E-state index in [9.17, 15) is 14.7 Å². The maximum atomic E-state index is 13.0. The standard InChI is InChI=1S/C22H16N4O3/c27-21(24-17-10-8-15(9-11-17)22(28)29)19-14-26(18-6-2-1-3-7-18)25-20(19)16-5-4-12-23-13-16/h1-14H,(H,24,27)(H,28,29)/p-1. The zero-order valence-corrected chi connectivity index (χ0v) is 15.1. The van der Waals surface area contributed by atoms with Gasteiger partial charge in [-0.05, 0) is 42.0 Å². The van der Waals surface area contributed by atoms with Gasteiger partial charge in [-0.3, -0.25) is 9.78 Å². The number of nitrogens with zero attached hydrogens (tertiary/aromatic N) is 3. The molecule has 1 N–H and O–H groups in total. The fourth-order valence-electron chi connectivity index (χ4n) is 2.86. The van der Waals surface area contributed by atoms with Crippen molar-refractivity contribution in [3.8, 4) is 16.9 Å². The number of carboxylic acid groups (broad SMARTS) is 1. The Bertz CT molecular complexity index is 1150. The smallest absolute Gasteiger partial charge is 0.259 e. The molecule has 4 aromatic rings. The molecule has 0 aliphatic rings. The summed E-state index contributed by atoms with van der Waals surface area (Å²) in [5, 5.41) is 18.2. The highest BCUT2D eigenvalue weighted by Gasteiger charge is 2.19. The molecule has 0 radical (unpaired) electrons. The highest BCUT2D eigenvalue weighted by molar-refractivity contribution is 6.08. The number of carbonyl (C=O) groups excluding carboxylic acids is 2. The van der Waals surface area contributed by atoms with Crippen LogP contribution in [0.2, 0.25) is 0 Å². The fraction of sp³-hybridized carbons (Fsp3) is 0. The van der Waals surface area contributed by atoms with Crippen molar-refractivity contribution in [3.05, 3.63) is 96.4 Å². The zero-order chi connectivity index (χ0) is 20.2. The molecule has 0 atom stereocenters. The maximum Gasteiger partial charge on any atom is 0.259 e. The van der Waals surface area contributed by atoms with Crippen LogP contribution in [0.5, 0.6) is 0 Å². The lowest BCUT2D eigenvalue weighted by atomic mass is 10.1. The molecule has 0 aliphatic carbocycles. The number of aromatic carboxylic acids is 1. The number of hydrogen-bond donors (Lipinski definition) is 1. The van der Waals surface area contributed by atoms with E-state index < -0.39 is 5.97 Å². The lowest BCUT2D eigenvalue weighted by Crippen LogP contribution is -2.22. The lowest BCUT2D eigenvalue weighted by molar-refractivity contribution is -0.255. The minimum Gasteiger partial charge on any atom is -0.545 e. The Hall–Kier alpha value is -4.26. The number of hydrogen-bond acceptors (Lipinski definition) is 5. The van der Waals surface area contributed by atoms with E-state index in [1.54, 1.807) is 29.3 Å². The van der Waals surface area contributed by atoms with E-state index in [0.717, 1.165) is 5.69 Å². The number of aromatic nitrogens is 3. The van der Waals surface area contributed by atoms with Gasteiger partial charge in [0.1, 0.15) is 5.69 Å². The van der Waals surface area contributed by atoms with Crippen molar-refractivity contribution in [3.63, 3.8) is 0 Å². The van der Waals surface area contributed by atoms with Crippen molar-refractivity contribution in [2.24, 2.45) is 0 Å². The molecular weight excluding hydrogens is 368 g/mol. The summed E-state index contributed by atoms with van der Waals surface area (Å²) in [5.41, 5.74) is 2.88. The van der Waals surface area contributed by atoms with Crippen molar-refractivity contribution in [2.45, 2.75) is 0 Å². The summed E-state index contributed by atoms with van der Waals surface area (Å²) in [4.78, 5) is 27.9. The summed E-state index contributed by atoms with van der Waals surface area (Å²) in [6.07, 6.45) is 4.95. The summed E-state index contributed by atoms with van der Waals surface area (Å²) >= 11 is 0. The van der Waals surface area contributed by atoms with Crippen LogP contribution >= 0.6 is 0 Å². The summed E-state index contributed by atoms with van der Waals surface area (Å²) in [5.74, 6) is -1.64. The van der Waals surface area contributed by atoms with E-state index in [1.165, 1.54) is 24.3 Å². The topological polar surface area (TPSA) is 99.9 Å². The molecule has 2 heterocycles.